The van der Waals surface area contributed by atoms with Gasteiger partial charge in [0.15, 0.2) is 0 Å². The lowest BCUT2D eigenvalue weighted by molar-refractivity contribution is -0.124. The lowest BCUT2D eigenvalue weighted by Gasteiger charge is -2.08. The van der Waals surface area contributed by atoms with Gasteiger partial charge >= 0.3 is 0 Å². The average molecular weight is 189 g/mol. The molecule has 0 fully saturated rings. The third-order valence-electron chi connectivity index (χ3n) is 1.81. The van der Waals surface area contributed by atoms with Crippen molar-refractivity contribution in [3.63, 3.8) is 0 Å². The van der Waals surface area contributed by atoms with Crippen LogP contribution < -0.4 is 5.32 Å². The van der Waals surface area contributed by atoms with Crippen LogP contribution >= 0.6 is 11.8 Å². The van der Waals surface area contributed by atoms with Crippen LogP contribution in [0.2, 0.25) is 0 Å². The molecule has 0 aliphatic rings. The third-order valence-corrected chi connectivity index (χ3v) is 2.71. The molecule has 0 aromatic heterocycles. The fourth-order valence-electron chi connectivity index (χ4n) is 0.750. The molecule has 12 heavy (non-hydrogen) atoms. The molecule has 1 N–H and O–H groups in total. The van der Waals surface area contributed by atoms with Crippen LogP contribution in [0.25, 0.3) is 0 Å². The molecule has 2 nitrogen and oxygen atoms in total. The van der Waals surface area contributed by atoms with E-state index < -0.39 is 0 Å². The van der Waals surface area contributed by atoms with Crippen LogP contribution in [0.4, 0.5) is 0 Å². The van der Waals surface area contributed by atoms with Crippen molar-refractivity contribution in [3.05, 3.63) is 0 Å². The number of hydrogen-bond acceptors (Lipinski definition) is 2. The fourth-order valence-corrected chi connectivity index (χ4v) is 1.29. The van der Waals surface area contributed by atoms with Gasteiger partial charge in [-0.2, -0.15) is 11.8 Å². The highest BCUT2D eigenvalue weighted by Gasteiger charge is 2.08. The lowest BCUT2D eigenvalue weighted by atomic mass is 10.1. The second-order valence-electron chi connectivity index (χ2n) is 2.80. The van der Waals surface area contributed by atoms with Crippen LogP contribution in [0.15, 0.2) is 0 Å². The maximum Gasteiger partial charge on any atom is 0.222 e. The van der Waals surface area contributed by atoms with E-state index in [9.17, 15) is 4.79 Å². The first kappa shape index (κ1) is 11.8. The second kappa shape index (κ2) is 7.47. The molecule has 0 aliphatic heterocycles. The van der Waals surface area contributed by atoms with Gasteiger partial charge in [0.2, 0.25) is 5.91 Å². The van der Waals surface area contributed by atoms with E-state index in [1.165, 1.54) is 0 Å². The first-order valence-corrected chi connectivity index (χ1v) is 5.73. The molecule has 1 atom stereocenters. The van der Waals surface area contributed by atoms with E-state index >= 15 is 0 Å². The maximum atomic E-state index is 11.2. The molecule has 0 saturated carbocycles. The van der Waals surface area contributed by atoms with Crippen LogP contribution in [0.5, 0.6) is 0 Å². The Kier molecular flexibility index (Phi) is 7.36. The number of rotatable bonds is 6. The Morgan fingerprint density at radius 3 is 2.67 bits per heavy atom. The Labute approximate surface area is 79.5 Å². The molecule has 0 aliphatic carbocycles. The summed E-state index contributed by atoms with van der Waals surface area (Å²) in [7, 11) is 0. The van der Waals surface area contributed by atoms with Crippen molar-refractivity contribution in [2.75, 3.05) is 18.1 Å². The van der Waals surface area contributed by atoms with Crippen molar-refractivity contribution >= 4 is 17.7 Å². The molecule has 0 bridgehead atoms. The second-order valence-corrected chi connectivity index (χ2v) is 4.19. The van der Waals surface area contributed by atoms with E-state index in [-0.39, 0.29) is 11.8 Å². The molecule has 0 spiro atoms. The average Bonchev–Trinajstić information content (AvgIpc) is 2.10. The maximum absolute atomic E-state index is 11.2. The summed E-state index contributed by atoms with van der Waals surface area (Å²) in [5.41, 5.74) is 0. The number of hydrogen-bond donors (Lipinski definition) is 1. The summed E-state index contributed by atoms with van der Waals surface area (Å²) >= 11 is 1.85. The summed E-state index contributed by atoms with van der Waals surface area (Å²) in [4.78, 5) is 11.2. The van der Waals surface area contributed by atoms with Gasteiger partial charge in [0.25, 0.3) is 0 Å². The van der Waals surface area contributed by atoms with Crippen LogP contribution in [-0.4, -0.2) is 24.0 Å². The molecule has 3 heteroatoms. The summed E-state index contributed by atoms with van der Waals surface area (Å²) in [5, 5.41) is 2.91. The molecule has 1 amide bonds. The Morgan fingerprint density at radius 1 is 1.50 bits per heavy atom. The summed E-state index contributed by atoms with van der Waals surface area (Å²) in [6.45, 7) is 6.93. The Bertz CT molecular complexity index is 128. The third kappa shape index (κ3) is 5.47. The normalized spacial score (nSPS) is 12.6. The predicted octanol–water partition coefficient (Wildman–Crippen LogP) is 1.90. The largest absolute Gasteiger partial charge is 0.355 e. The molecule has 0 aromatic carbocycles. The minimum absolute atomic E-state index is 0.164. The van der Waals surface area contributed by atoms with Gasteiger partial charge in [-0.1, -0.05) is 20.8 Å². The zero-order valence-corrected chi connectivity index (χ0v) is 9.04. The van der Waals surface area contributed by atoms with Gasteiger partial charge in [-0.15, -0.1) is 0 Å². The summed E-state index contributed by atoms with van der Waals surface area (Å²) in [6.07, 6.45) is 0.923. The first-order valence-electron chi connectivity index (χ1n) is 4.57. The summed E-state index contributed by atoms with van der Waals surface area (Å²) in [6, 6.07) is 0. The van der Waals surface area contributed by atoms with Crippen molar-refractivity contribution in [3.8, 4) is 0 Å². The quantitative estimate of drug-likeness (QED) is 0.647. The molecule has 0 saturated heterocycles. The topological polar surface area (TPSA) is 29.1 Å². The van der Waals surface area contributed by atoms with Gasteiger partial charge in [-0.3, -0.25) is 4.79 Å². The van der Waals surface area contributed by atoms with E-state index in [1.807, 2.05) is 25.6 Å². The summed E-state index contributed by atoms with van der Waals surface area (Å²) < 4.78 is 0. The van der Waals surface area contributed by atoms with E-state index in [0.717, 1.165) is 24.5 Å². The first-order chi connectivity index (χ1) is 5.72. The zero-order valence-electron chi connectivity index (χ0n) is 8.22. The van der Waals surface area contributed by atoms with Crippen molar-refractivity contribution < 1.29 is 4.79 Å². The number of nitrogens with one attached hydrogen (secondary N) is 1. The van der Waals surface area contributed by atoms with Crippen LogP contribution in [-0.2, 0) is 4.79 Å². The zero-order chi connectivity index (χ0) is 9.40. The number of thioether (sulfide) groups is 1. The molecule has 0 aromatic rings. The van der Waals surface area contributed by atoms with Gasteiger partial charge in [0, 0.05) is 18.2 Å². The molecular weight excluding hydrogens is 170 g/mol. The Balaban J connectivity index is 3.31. The van der Waals surface area contributed by atoms with Gasteiger partial charge < -0.3 is 5.32 Å². The summed E-state index contributed by atoms with van der Waals surface area (Å²) in [5.74, 6) is 2.50. The van der Waals surface area contributed by atoms with Crippen molar-refractivity contribution in [1.82, 2.24) is 5.32 Å². The molecule has 0 rings (SSSR count). The minimum atomic E-state index is 0.164. The standard InChI is InChI=1S/C9H19NOS/c1-4-8(3)9(11)10-6-7-12-5-2/h8H,4-7H2,1-3H3,(H,10,11). The van der Waals surface area contributed by atoms with Gasteiger partial charge in [0.1, 0.15) is 0 Å². The van der Waals surface area contributed by atoms with E-state index in [1.54, 1.807) is 0 Å². The van der Waals surface area contributed by atoms with Gasteiger partial charge in [-0.25, -0.2) is 0 Å². The fraction of sp³-hybridized carbons (Fsp3) is 0.889. The van der Waals surface area contributed by atoms with Gasteiger partial charge in [-0.05, 0) is 12.2 Å². The Morgan fingerprint density at radius 2 is 2.17 bits per heavy atom. The predicted molar refractivity (Wildman–Crippen MR) is 55.5 cm³/mol. The van der Waals surface area contributed by atoms with E-state index in [2.05, 4.69) is 12.2 Å². The molecule has 0 heterocycles. The molecule has 1 unspecified atom stereocenters. The Hall–Kier alpha value is -0.180. The number of carbonyl (C=O) groups excluding carboxylic acids is 1. The highest BCUT2D eigenvalue weighted by atomic mass is 32.2. The van der Waals surface area contributed by atoms with Crippen LogP contribution in [0.1, 0.15) is 27.2 Å². The minimum Gasteiger partial charge on any atom is -0.355 e. The number of carbonyl (C=O) groups is 1. The van der Waals surface area contributed by atoms with Gasteiger partial charge in [0.05, 0.1) is 0 Å². The van der Waals surface area contributed by atoms with Crippen molar-refractivity contribution in [2.24, 2.45) is 5.92 Å². The molecular formula is C9H19NOS. The van der Waals surface area contributed by atoms with Crippen LogP contribution in [0.3, 0.4) is 0 Å². The number of amides is 1. The SMILES string of the molecule is CCSCCNC(=O)C(C)CC. The van der Waals surface area contributed by atoms with Crippen molar-refractivity contribution in [1.29, 1.82) is 0 Å². The lowest BCUT2D eigenvalue weighted by Crippen LogP contribution is -2.30. The van der Waals surface area contributed by atoms with Crippen LogP contribution in [0, 0.1) is 5.92 Å². The van der Waals surface area contributed by atoms with E-state index in [0.29, 0.717) is 0 Å². The monoisotopic (exact) mass is 189 g/mol. The highest BCUT2D eigenvalue weighted by molar-refractivity contribution is 7.99. The van der Waals surface area contributed by atoms with Crippen molar-refractivity contribution in [2.45, 2.75) is 27.2 Å². The smallest absolute Gasteiger partial charge is 0.222 e. The van der Waals surface area contributed by atoms with E-state index in [4.69, 9.17) is 0 Å². The highest BCUT2D eigenvalue weighted by Crippen LogP contribution is 2.00. The molecule has 0 radical (unpaired) electrons. The molecule has 72 valence electrons.